The highest BCUT2D eigenvalue weighted by Gasteiger charge is 2.30. The highest BCUT2D eigenvalue weighted by atomic mass is 32.2. The van der Waals surface area contributed by atoms with Crippen molar-refractivity contribution < 1.29 is 49.1 Å². The van der Waals surface area contributed by atoms with Crippen molar-refractivity contribution in [3.8, 4) is 0 Å². The van der Waals surface area contributed by atoms with Gasteiger partial charge in [-0.3, -0.25) is 14.3 Å². The number of benzene rings is 1. The monoisotopic (exact) mass is 584 g/mol. The van der Waals surface area contributed by atoms with Crippen molar-refractivity contribution in [2.24, 2.45) is 0 Å². The molecule has 39 heavy (non-hydrogen) atoms. The zero-order valence-electron chi connectivity index (χ0n) is 20.7. The van der Waals surface area contributed by atoms with Crippen molar-refractivity contribution in [3.05, 3.63) is 40.6 Å². The quantitative estimate of drug-likeness (QED) is 0.340. The van der Waals surface area contributed by atoms with Gasteiger partial charge in [-0.1, -0.05) is 12.1 Å². The molecule has 2 aromatic rings. The Balaban J connectivity index is 1.90. The molecule has 0 aliphatic carbocycles. The van der Waals surface area contributed by atoms with Gasteiger partial charge in [0.1, 0.15) is 17.1 Å². The molecule has 1 aromatic heterocycles. The van der Waals surface area contributed by atoms with Crippen LogP contribution in [0, 0.1) is 0 Å². The summed E-state index contributed by atoms with van der Waals surface area (Å²) < 4.78 is 103. The zero-order valence-corrected chi connectivity index (χ0v) is 21.5. The van der Waals surface area contributed by atoms with E-state index in [1.807, 2.05) is 0 Å². The van der Waals surface area contributed by atoms with Crippen molar-refractivity contribution >= 4 is 33.2 Å². The first-order chi connectivity index (χ1) is 18.0. The van der Waals surface area contributed by atoms with Crippen LogP contribution in [0.1, 0.15) is 46.4 Å². The van der Waals surface area contributed by atoms with E-state index in [2.05, 4.69) is 20.5 Å². The lowest BCUT2D eigenvalue weighted by molar-refractivity contribution is -0.324. The van der Waals surface area contributed by atoms with Crippen LogP contribution in [0.15, 0.2) is 18.2 Å². The van der Waals surface area contributed by atoms with E-state index in [0.717, 1.165) is 10.9 Å². The molecule has 0 fully saturated rings. The average molecular weight is 585 g/mol. The van der Waals surface area contributed by atoms with E-state index in [0.29, 0.717) is 29.7 Å². The van der Waals surface area contributed by atoms with Crippen molar-refractivity contribution in [1.82, 2.24) is 9.78 Å². The molecule has 0 unspecified atom stereocenters. The molecule has 1 aliphatic heterocycles. The van der Waals surface area contributed by atoms with Gasteiger partial charge in [-0.15, -0.1) is 13.2 Å². The highest BCUT2D eigenvalue weighted by molar-refractivity contribution is 7.91. The minimum Gasteiger partial charge on any atom is -0.322 e. The standard InChI is InChI=1S/C23H26F6N4O5S/c1-39(36,37)13-18(34)31-20-19-17(32-33(20)10-3-11-38-23(27,28)29)5-2-4-15-12-14(8-9-22(24,25)26)6-7-16(15)30-21(19)35/h6-7,12H,2-5,8-11,13H2,1H3,(H,30,35)(H,31,34). The van der Waals surface area contributed by atoms with Crippen molar-refractivity contribution in [2.75, 3.05) is 29.2 Å². The van der Waals surface area contributed by atoms with Gasteiger partial charge in [0.15, 0.2) is 9.84 Å². The number of carbonyl (C=O) groups excluding carboxylic acids is 2. The number of amides is 2. The van der Waals surface area contributed by atoms with Gasteiger partial charge in [0, 0.05) is 24.9 Å². The van der Waals surface area contributed by atoms with Crippen LogP contribution in [0.2, 0.25) is 0 Å². The normalized spacial score (nSPS) is 14.5. The van der Waals surface area contributed by atoms with E-state index in [9.17, 15) is 44.3 Å². The SMILES string of the molecule is CS(=O)(=O)CC(=O)Nc1c2c(nn1CCCOC(F)(F)F)CCCc1cc(CCC(F)(F)F)ccc1NC2=O. The number of nitrogens with zero attached hydrogens (tertiary/aromatic N) is 2. The van der Waals surface area contributed by atoms with E-state index >= 15 is 0 Å². The van der Waals surface area contributed by atoms with Crippen LogP contribution in [0.3, 0.4) is 0 Å². The molecule has 3 rings (SSSR count). The second-order valence-corrected chi connectivity index (χ2v) is 11.2. The maximum absolute atomic E-state index is 13.3. The number of fused-ring (bicyclic) bond motifs is 2. The van der Waals surface area contributed by atoms with Gasteiger partial charge in [-0.2, -0.15) is 18.3 Å². The predicted molar refractivity (Wildman–Crippen MR) is 128 cm³/mol. The fraction of sp³-hybridized carbons (Fsp3) is 0.522. The van der Waals surface area contributed by atoms with E-state index in [1.165, 1.54) is 12.1 Å². The summed E-state index contributed by atoms with van der Waals surface area (Å²) in [6.07, 6.45) is -8.78. The van der Waals surface area contributed by atoms with Gasteiger partial charge in [0.25, 0.3) is 5.91 Å². The van der Waals surface area contributed by atoms with Gasteiger partial charge in [0.05, 0.1) is 12.3 Å². The van der Waals surface area contributed by atoms with Gasteiger partial charge in [0.2, 0.25) is 5.91 Å². The molecule has 2 N–H and O–H groups in total. The molecule has 0 saturated carbocycles. The molecule has 0 saturated heterocycles. The molecule has 1 aliphatic rings. The number of hydrogen-bond donors (Lipinski definition) is 2. The van der Waals surface area contributed by atoms with E-state index in [4.69, 9.17) is 0 Å². The summed E-state index contributed by atoms with van der Waals surface area (Å²) in [7, 11) is -3.75. The Morgan fingerprint density at radius 2 is 1.90 bits per heavy atom. The third-order valence-corrected chi connectivity index (χ3v) is 6.44. The predicted octanol–water partition coefficient (Wildman–Crippen LogP) is 4.03. The smallest absolute Gasteiger partial charge is 0.322 e. The summed E-state index contributed by atoms with van der Waals surface area (Å²) in [5.41, 5.74) is 1.50. The highest BCUT2D eigenvalue weighted by Crippen LogP contribution is 2.30. The lowest BCUT2D eigenvalue weighted by Gasteiger charge is -2.14. The molecule has 216 valence electrons. The van der Waals surface area contributed by atoms with Crippen LogP contribution < -0.4 is 10.6 Å². The lowest BCUT2D eigenvalue weighted by Crippen LogP contribution is -2.26. The summed E-state index contributed by atoms with van der Waals surface area (Å²) in [6, 6.07) is 4.52. The Labute approximate surface area is 219 Å². The third kappa shape index (κ3) is 9.53. The number of alkyl halides is 6. The van der Waals surface area contributed by atoms with Gasteiger partial charge in [-0.05, 0) is 49.3 Å². The molecular formula is C23H26F6N4O5S. The summed E-state index contributed by atoms with van der Waals surface area (Å²) in [5, 5.41) is 9.31. The van der Waals surface area contributed by atoms with Gasteiger partial charge in [-0.25, -0.2) is 13.1 Å². The van der Waals surface area contributed by atoms with Gasteiger partial charge < -0.3 is 10.6 Å². The van der Waals surface area contributed by atoms with Crippen LogP contribution in [0.25, 0.3) is 0 Å². The third-order valence-electron chi connectivity index (χ3n) is 5.66. The number of sulfone groups is 1. The Morgan fingerprint density at radius 3 is 2.54 bits per heavy atom. The van der Waals surface area contributed by atoms with E-state index in [-0.39, 0.29) is 42.9 Å². The summed E-state index contributed by atoms with van der Waals surface area (Å²) in [6.45, 7) is -0.912. The average Bonchev–Trinajstić information content (AvgIpc) is 3.12. The van der Waals surface area contributed by atoms with Crippen LogP contribution in [-0.4, -0.2) is 61.2 Å². The molecule has 0 radical (unpaired) electrons. The number of carbonyl (C=O) groups is 2. The van der Waals surface area contributed by atoms with Crippen LogP contribution in [-0.2, 0) is 45.2 Å². The fourth-order valence-corrected chi connectivity index (χ4v) is 4.62. The Hall–Kier alpha value is -3.14. The zero-order chi connectivity index (χ0) is 29.0. The molecule has 16 heteroatoms. The first-order valence-electron chi connectivity index (χ1n) is 11.8. The number of nitrogens with one attached hydrogen (secondary N) is 2. The Kier molecular flexibility index (Phi) is 9.31. The summed E-state index contributed by atoms with van der Waals surface area (Å²) in [5.74, 6) is -2.80. The minimum atomic E-state index is -4.84. The number of aryl methyl sites for hydroxylation is 4. The Morgan fingerprint density at radius 1 is 1.18 bits per heavy atom. The van der Waals surface area contributed by atoms with Crippen LogP contribution >= 0.6 is 0 Å². The Bertz CT molecular complexity index is 1320. The first-order valence-corrected chi connectivity index (χ1v) is 13.8. The largest absolute Gasteiger partial charge is 0.522 e. The molecular weight excluding hydrogens is 558 g/mol. The summed E-state index contributed by atoms with van der Waals surface area (Å²) >= 11 is 0. The number of ether oxygens (including phenoxy) is 1. The van der Waals surface area contributed by atoms with Crippen molar-refractivity contribution in [1.29, 1.82) is 0 Å². The van der Waals surface area contributed by atoms with Crippen LogP contribution in [0.5, 0.6) is 0 Å². The second kappa shape index (κ2) is 11.9. The molecule has 9 nitrogen and oxygen atoms in total. The second-order valence-electron chi connectivity index (χ2n) is 9.07. The fourth-order valence-electron chi connectivity index (χ4n) is 4.07. The van der Waals surface area contributed by atoms with Gasteiger partial charge >= 0.3 is 12.5 Å². The van der Waals surface area contributed by atoms with E-state index < -0.39 is 53.0 Å². The number of anilines is 2. The van der Waals surface area contributed by atoms with Crippen LogP contribution in [0.4, 0.5) is 37.8 Å². The number of halogens is 6. The van der Waals surface area contributed by atoms with Crippen molar-refractivity contribution in [2.45, 2.75) is 57.6 Å². The summed E-state index contributed by atoms with van der Waals surface area (Å²) in [4.78, 5) is 25.7. The number of aromatic nitrogens is 2. The topological polar surface area (TPSA) is 119 Å². The maximum atomic E-state index is 13.3. The van der Waals surface area contributed by atoms with Crippen molar-refractivity contribution in [3.63, 3.8) is 0 Å². The molecule has 2 heterocycles. The molecule has 1 aromatic carbocycles. The molecule has 0 atom stereocenters. The molecule has 0 bridgehead atoms. The first kappa shape index (κ1) is 30.4. The lowest BCUT2D eigenvalue weighted by atomic mass is 10.0. The minimum absolute atomic E-state index is 0.0948. The molecule has 0 spiro atoms. The molecule has 2 amide bonds. The van der Waals surface area contributed by atoms with E-state index in [1.54, 1.807) is 6.07 Å². The number of rotatable bonds is 9. The number of hydrogen-bond acceptors (Lipinski definition) is 6. The maximum Gasteiger partial charge on any atom is 0.522 e.